The second-order valence-electron chi connectivity index (χ2n) is 4.91. The molecule has 0 spiro atoms. The summed E-state index contributed by atoms with van der Waals surface area (Å²) in [6.45, 7) is 1.52. The van der Waals surface area contributed by atoms with E-state index in [1.54, 1.807) is 0 Å². The summed E-state index contributed by atoms with van der Waals surface area (Å²) >= 11 is 0. The van der Waals surface area contributed by atoms with Crippen LogP contribution in [0.15, 0.2) is 12.2 Å². The molecule has 2 fully saturated rings. The van der Waals surface area contributed by atoms with E-state index in [9.17, 15) is 4.79 Å². The monoisotopic (exact) mass is 192 g/mol. The van der Waals surface area contributed by atoms with Gasteiger partial charge in [-0.05, 0) is 37.0 Å². The zero-order valence-corrected chi connectivity index (χ0v) is 8.48. The van der Waals surface area contributed by atoms with E-state index in [0.29, 0.717) is 11.8 Å². The number of carbonyl (C=O) groups excluding carboxylic acids is 1. The van der Waals surface area contributed by atoms with Gasteiger partial charge in [0.1, 0.15) is 6.10 Å². The Balaban J connectivity index is 1.79. The normalized spacial score (nSPS) is 48.2. The second-order valence-corrected chi connectivity index (χ2v) is 4.91. The lowest BCUT2D eigenvalue weighted by Crippen LogP contribution is -2.27. The van der Waals surface area contributed by atoms with E-state index in [1.807, 2.05) is 0 Å². The van der Waals surface area contributed by atoms with Crippen LogP contribution in [0.1, 0.15) is 26.2 Å². The first-order valence-corrected chi connectivity index (χ1v) is 5.61. The third kappa shape index (κ3) is 1.06. The van der Waals surface area contributed by atoms with Crippen LogP contribution >= 0.6 is 0 Å². The largest absolute Gasteiger partial charge is 0.462 e. The molecule has 2 bridgehead atoms. The lowest BCUT2D eigenvalue weighted by molar-refractivity contribution is -0.148. The third-order valence-corrected chi connectivity index (χ3v) is 4.22. The molecule has 2 nitrogen and oxygen atoms in total. The van der Waals surface area contributed by atoms with Gasteiger partial charge in [-0.2, -0.15) is 0 Å². The zero-order valence-electron chi connectivity index (χ0n) is 8.48. The summed E-state index contributed by atoms with van der Waals surface area (Å²) in [5.41, 5.74) is 0. The number of carbonyl (C=O) groups is 1. The van der Waals surface area contributed by atoms with E-state index in [0.717, 1.165) is 18.3 Å². The highest BCUT2D eigenvalue weighted by Crippen LogP contribution is 2.56. The van der Waals surface area contributed by atoms with Gasteiger partial charge < -0.3 is 4.74 Å². The van der Waals surface area contributed by atoms with Crippen LogP contribution in [0.2, 0.25) is 0 Å². The van der Waals surface area contributed by atoms with Crippen LogP contribution in [-0.4, -0.2) is 12.1 Å². The van der Waals surface area contributed by atoms with Crippen molar-refractivity contribution >= 4 is 5.97 Å². The quantitative estimate of drug-likeness (QED) is 0.470. The van der Waals surface area contributed by atoms with Crippen molar-refractivity contribution in [1.29, 1.82) is 0 Å². The molecular weight excluding hydrogens is 176 g/mol. The van der Waals surface area contributed by atoms with Crippen LogP contribution < -0.4 is 0 Å². The first-order valence-electron chi connectivity index (χ1n) is 5.61. The first-order chi connectivity index (χ1) is 6.75. The third-order valence-electron chi connectivity index (χ3n) is 4.22. The molecule has 5 atom stereocenters. The Morgan fingerprint density at radius 3 is 2.86 bits per heavy atom. The minimum atomic E-state index is -0.109. The van der Waals surface area contributed by atoms with Crippen molar-refractivity contribution in [2.45, 2.75) is 32.3 Å². The molecule has 0 saturated heterocycles. The molecular formula is C12H16O2. The lowest BCUT2D eigenvalue weighted by Gasteiger charge is -2.25. The molecule has 3 rings (SSSR count). The minimum Gasteiger partial charge on any atom is -0.462 e. The molecule has 0 N–H and O–H groups in total. The van der Waals surface area contributed by atoms with Crippen molar-refractivity contribution in [2.75, 3.05) is 0 Å². The number of esters is 1. The van der Waals surface area contributed by atoms with Gasteiger partial charge in [-0.25, -0.2) is 0 Å². The summed E-state index contributed by atoms with van der Waals surface area (Å²) in [5.74, 6) is 2.85. The van der Waals surface area contributed by atoms with E-state index in [1.165, 1.54) is 19.8 Å². The highest BCUT2D eigenvalue weighted by molar-refractivity contribution is 5.66. The topological polar surface area (TPSA) is 26.3 Å². The summed E-state index contributed by atoms with van der Waals surface area (Å²) in [6, 6.07) is 0. The molecule has 0 aromatic heterocycles. The van der Waals surface area contributed by atoms with Gasteiger partial charge in [0.15, 0.2) is 0 Å². The lowest BCUT2D eigenvalue weighted by atomic mass is 9.85. The van der Waals surface area contributed by atoms with E-state index in [4.69, 9.17) is 4.74 Å². The van der Waals surface area contributed by atoms with Gasteiger partial charge in [-0.15, -0.1) is 0 Å². The Morgan fingerprint density at radius 1 is 1.29 bits per heavy atom. The van der Waals surface area contributed by atoms with Crippen molar-refractivity contribution in [1.82, 2.24) is 0 Å². The van der Waals surface area contributed by atoms with Gasteiger partial charge in [-0.3, -0.25) is 4.79 Å². The highest BCUT2D eigenvalue weighted by atomic mass is 16.5. The van der Waals surface area contributed by atoms with Crippen molar-refractivity contribution in [3.05, 3.63) is 12.2 Å². The average molecular weight is 192 g/mol. The Bertz CT molecular complexity index is 295. The number of allylic oxidation sites excluding steroid dienone is 2. The number of fused-ring (bicyclic) bond motifs is 5. The summed E-state index contributed by atoms with van der Waals surface area (Å²) in [5, 5.41) is 0. The SMILES string of the molecule is CC(=O)O[C@@H]1CC[C@@H]2[C@H]1[C@@H]1C=C[C@H]2C1. The van der Waals surface area contributed by atoms with Gasteiger partial charge in [0.2, 0.25) is 0 Å². The van der Waals surface area contributed by atoms with Crippen molar-refractivity contribution in [2.24, 2.45) is 23.7 Å². The predicted molar refractivity (Wildman–Crippen MR) is 52.5 cm³/mol. The van der Waals surface area contributed by atoms with Gasteiger partial charge in [-0.1, -0.05) is 12.2 Å². The summed E-state index contributed by atoms with van der Waals surface area (Å²) < 4.78 is 5.40. The molecule has 76 valence electrons. The van der Waals surface area contributed by atoms with Crippen molar-refractivity contribution in [3.8, 4) is 0 Å². The van der Waals surface area contributed by atoms with Crippen LogP contribution in [0, 0.1) is 23.7 Å². The Kier molecular flexibility index (Phi) is 1.73. The fraction of sp³-hybridized carbons (Fsp3) is 0.750. The average Bonchev–Trinajstić information content (AvgIpc) is 2.74. The van der Waals surface area contributed by atoms with Gasteiger partial charge >= 0.3 is 5.97 Å². The molecule has 3 aliphatic carbocycles. The molecule has 0 heterocycles. The molecule has 3 aliphatic rings. The van der Waals surface area contributed by atoms with Gasteiger partial charge in [0.25, 0.3) is 0 Å². The Hall–Kier alpha value is -0.790. The molecule has 0 aromatic carbocycles. The first kappa shape index (κ1) is 8.51. The molecule has 0 aliphatic heterocycles. The van der Waals surface area contributed by atoms with Gasteiger partial charge in [0.05, 0.1) is 0 Å². The maximum atomic E-state index is 11.0. The van der Waals surface area contributed by atoms with Crippen LogP contribution in [0.25, 0.3) is 0 Å². The number of hydrogen-bond donors (Lipinski definition) is 0. The Morgan fingerprint density at radius 2 is 2.07 bits per heavy atom. The fourth-order valence-electron chi connectivity index (χ4n) is 3.82. The standard InChI is InChI=1S/C12H16O2/c1-7(13)14-11-5-4-10-8-2-3-9(6-8)12(10)11/h2-3,8-12H,4-6H2,1H3/t8-,9+,10-,11+,12+/m0/s1. The number of hydrogen-bond acceptors (Lipinski definition) is 2. The maximum absolute atomic E-state index is 11.0. The van der Waals surface area contributed by atoms with Crippen LogP contribution in [-0.2, 0) is 9.53 Å². The molecule has 0 radical (unpaired) electrons. The highest BCUT2D eigenvalue weighted by Gasteiger charge is 2.52. The summed E-state index contributed by atoms with van der Waals surface area (Å²) in [4.78, 5) is 11.0. The molecule has 2 heteroatoms. The molecule has 14 heavy (non-hydrogen) atoms. The van der Waals surface area contributed by atoms with E-state index in [-0.39, 0.29) is 12.1 Å². The van der Waals surface area contributed by atoms with E-state index < -0.39 is 0 Å². The fourth-order valence-corrected chi connectivity index (χ4v) is 3.82. The Labute approximate surface area is 84.3 Å². The number of ether oxygens (including phenoxy) is 1. The second kappa shape index (κ2) is 2.85. The zero-order chi connectivity index (χ0) is 9.71. The van der Waals surface area contributed by atoms with Crippen LogP contribution in [0.3, 0.4) is 0 Å². The van der Waals surface area contributed by atoms with Crippen LogP contribution in [0.4, 0.5) is 0 Å². The smallest absolute Gasteiger partial charge is 0.302 e. The summed E-state index contributed by atoms with van der Waals surface area (Å²) in [7, 11) is 0. The van der Waals surface area contributed by atoms with Crippen molar-refractivity contribution in [3.63, 3.8) is 0 Å². The van der Waals surface area contributed by atoms with E-state index in [2.05, 4.69) is 12.2 Å². The number of rotatable bonds is 1. The van der Waals surface area contributed by atoms with Crippen molar-refractivity contribution < 1.29 is 9.53 Å². The minimum absolute atomic E-state index is 0.109. The maximum Gasteiger partial charge on any atom is 0.302 e. The molecule has 0 unspecified atom stereocenters. The van der Waals surface area contributed by atoms with E-state index >= 15 is 0 Å². The molecule has 2 saturated carbocycles. The molecule has 0 aromatic rings. The molecule has 0 amide bonds. The summed E-state index contributed by atoms with van der Waals surface area (Å²) in [6.07, 6.45) is 8.60. The van der Waals surface area contributed by atoms with Crippen LogP contribution in [0.5, 0.6) is 0 Å². The predicted octanol–water partition coefficient (Wildman–Crippen LogP) is 2.15. The van der Waals surface area contributed by atoms with Gasteiger partial charge in [0, 0.05) is 12.8 Å².